The first-order chi connectivity index (χ1) is 16.4. The van der Waals surface area contributed by atoms with E-state index in [0.29, 0.717) is 21.0 Å². The first-order valence-electron chi connectivity index (χ1n) is 10.4. The maximum Gasteiger partial charge on any atom is 0.347 e. The standard InChI is InChI=1S/C24H24Cl2NO6PS/c1-24(2,3)23(29)32-14-33-34(30,31)21(18-13-35-20-9-8-16(25)12-17(18)20)22(28)27-11-10-15-6-4-5-7-19(15)26/h4-13,21H,14H2,1-3H3,(H,27,28)(H,30,31). The molecule has 11 heteroatoms. The lowest BCUT2D eigenvalue weighted by molar-refractivity contribution is -0.159. The summed E-state index contributed by atoms with van der Waals surface area (Å²) in [5.74, 6) is -1.41. The Bertz CT molecular complexity index is 1320. The van der Waals surface area contributed by atoms with Crippen molar-refractivity contribution in [2.24, 2.45) is 5.41 Å². The average Bonchev–Trinajstić information content (AvgIpc) is 3.16. The molecule has 3 aromatic rings. The molecular formula is C24H24Cl2NO6PS. The highest BCUT2D eigenvalue weighted by Gasteiger charge is 2.42. The van der Waals surface area contributed by atoms with Crippen molar-refractivity contribution in [2.45, 2.75) is 26.4 Å². The first kappa shape index (κ1) is 27.4. The highest BCUT2D eigenvalue weighted by molar-refractivity contribution is 7.54. The van der Waals surface area contributed by atoms with Gasteiger partial charge in [-0.15, -0.1) is 11.3 Å². The van der Waals surface area contributed by atoms with Gasteiger partial charge in [-0.05, 0) is 73.0 Å². The van der Waals surface area contributed by atoms with Gasteiger partial charge in [0.15, 0.2) is 5.66 Å². The number of thiophene rings is 1. The minimum Gasteiger partial charge on any atom is -0.438 e. The van der Waals surface area contributed by atoms with E-state index >= 15 is 0 Å². The Morgan fingerprint density at radius 3 is 2.60 bits per heavy atom. The third-order valence-electron chi connectivity index (χ3n) is 4.87. The number of amides is 1. The Morgan fingerprint density at radius 1 is 1.20 bits per heavy atom. The van der Waals surface area contributed by atoms with E-state index in [2.05, 4.69) is 5.32 Å². The fourth-order valence-electron chi connectivity index (χ4n) is 3.05. The predicted octanol–water partition coefficient (Wildman–Crippen LogP) is 6.79. The van der Waals surface area contributed by atoms with Crippen LogP contribution in [-0.2, 0) is 23.4 Å². The van der Waals surface area contributed by atoms with E-state index in [1.807, 2.05) is 0 Å². The minimum atomic E-state index is -4.68. The van der Waals surface area contributed by atoms with Crippen molar-refractivity contribution < 1.29 is 28.3 Å². The van der Waals surface area contributed by atoms with Gasteiger partial charge in [0.05, 0.1) is 5.41 Å². The lowest BCUT2D eigenvalue weighted by Crippen LogP contribution is -2.27. The lowest BCUT2D eigenvalue weighted by atomic mass is 9.98. The summed E-state index contributed by atoms with van der Waals surface area (Å²) in [5, 5.41) is 5.56. The summed E-state index contributed by atoms with van der Waals surface area (Å²) in [4.78, 5) is 36.0. The third-order valence-corrected chi connectivity index (χ3v) is 8.07. The monoisotopic (exact) mass is 555 g/mol. The van der Waals surface area contributed by atoms with Crippen LogP contribution in [0.25, 0.3) is 16.2 Å². The van der Waals surface area contributed by atoms with Gasteiger partial charge < -0.3 is 14.9 Å². The molecule has 35 heavy (non-hydrogen) atoms. The van der Waals surface area contributed by atoms with Crippen molar-refractivity contribution in [3.05, 3.63) is 75.2 Å². The molecule has 0 radical (unpaired) electrons. The van der Waals surface area contributed by atoms with Crippen LogP contribution < -0.4 is 5.32 Å². The number of fused-ring (bicyclic) bond motifs is 1. The van der Waals surface area contributed by atoms with Crippen LogP contribution in [0.3, 0.4) is 0 Å². The van der Waals surface area contributed by atoms with Crippen LogP contribution in [0.2, 0.25) is 10.0 Å². The average molecular weight is 556 g/mol. The van der Waals surface area contributed by atoms with E-state index in [1.165, 1.54) is 17.5 Å². The van der Waals surface area contributed by atoms with Gasteiger partial charge in [-0.25, -0.2) is 0 Å². The molecule has 0 saturated carbocycles. The molecule has 1 heterocycles. The second kappa shape index (κ2) is 11.2. The normalized spacial score (nSPS) is 14.6. The van der Waals surface area contributed by atoms with E-state index in [-0.39, 0.29) is 5.56 Å². The Kier molecular flexibility index (Phi) is 8.81. The van der Waals surface area contributed by atoms with E-state index in [4.69, 9.17) is 32.5 Å². The minimum absolute atomic E-state index is 0.268. The zero-order chi connectivity index (χ0) is 25.8. The Labute approximate surface area is 217 Å². The molecule has 3 rings (SSSR count). The molecule has 186 valence electrons. The van der Waals surface area contributed by atoms with Crippen molar-refractivity contribution in [2.75, 3.05) is 6.79 Å². The molecule has 0 aliphatic carbocycles. The van der Waals surface area contributed by atoms with Crippen molar-refractivity contribution in [3.8, 4) is 0 Å². The molecule has 1 aromatic heterocycles. The molecule has 0 bridgehead atoms. The molecule has 1 amide bonds. The second-order valence-corrected chi connectivity index (χ2v) is 12.2. The number of ether oxygens (including phenoxy) is 1. The molecule has 0 spiro atoms. The Morgan fingerprint density at radius 2 is 1.91 bits per heavy atom. The van der Waals surface area contributed by atoms with Crippen LogP contribution in [0.4, 0.5) is 0 Å². The number of esters is 1. The summed E-state index contributed by atoms with van der Waals surface area (Å²) >= 11 is 13.6. The summed E-state index contributed by atoms with van der Waals surface area (Å²) in [7, 11) is -4.68. The molecule has 2 N–H and O–H groups in total. The Balaban J connectivity index is 1.90. The maximum absolute atomic E-state index is 13.3. The molecule has 2 aromatic carbocycles. The van der Waals surface area contributed by atoms with E-state index in [9.17, 15) is 19.0 Å². The quantitative estimate of drug-likeness (QED) is 0.180. The predicted molar refractivity (Wildman–Crippen MR) is 140 cm³/mol. The first-order valence-corrected chi connectivity index (χ1v) is 13.7. The molecular weight excluding hydrogens is 532 g/mol. The zero-order valence-electron chi connectivity index (χ0n) is 19.2. The number of nitrogens with one attached hydrogen (secondary N) is 1. The molecule has 0 fully saturated rings. The SMILES string of the molecule is CC(C)(C)C(=O)OCOP(=O)(O)C(C(=O)NC=Cc1ccccc1Cl)c1csc2ccc(Cl)cc12. The van der Waals surface area contributed by atoms with Gasteiger partial charge in [0.1, 0.15) is 0 Å². The van der Waals surface area contributed by atoms with Crippen molar-refractivity contribution in [1.29, 1.82) is 0 Å². The number of hydrogen-bond acceptors (Lipinski definition) is 6. The van der Waals surface area contributed by atoms with Gasteiger partial charge in [0, 0.05) is 20.9 Å². The summed E-state index contributed by atoms with van der Waals surface area (Å²) in [5.41, 5.74) is -1.52. The summed E-state index contributed by atoms with van der Waals surface area (Å²) in [6, 6.07) is 12.1. The molecule has 2 unspecified atom stereocenters. The van der Waals surface area contributed by atoms with Crippen LogP contribution in [0.5, 0.6) is 0 Å². The van der Waals surface area contributed by atoms with E-state index in [0.717, 1.165) is 4.70 Å². The highest BCUT2D eigenvalue weighted by Crippen LogP contribution is 2.58. The van der Waals surface area contributed by atoms with Gasteiger partial charge in [0.25, 0.3) is 0 Å². The Hall–Kier alpha value is -2.19. The number of halogens is 2. The highest BCUT2D eigenvalue weighted by atomic mass is 35.5. The zero-order valence-corrected chi connectivity index (χ0v) is 22.4. The van der Waals surface area contributed by atoms with Crippen molar-refractivity contribution >= 4 is 70.2 Å². The fraction of sp³-hybridized carbons (Fsp3) is 0.250. The van der Waals surface area contributed by atoms with Gasteiger partial charge in [-0.1, -0.05) is 41.4 Å². The number of carbonyl (C=O) groups excluding carboxylic acids is 2. The van der Waals surface area contributed by atoms with Crippen molar-refractivity contribution in [1.82, 2.24) is 5.32 Å². The summed E-state index contributed by atoms with van der Waals surface area (Å²) < 4.78 is 24.2. The third kappa shape index (κ3) is 6.94. The topological polar surface area (TPSA) is 102 Å². The van der Waals surface area contributed by atoms with Gasteiger partial charge in [-0.2, -0.15) is 0 Å². The van der Waals surface area contributed by atoms with Crippen LogP contribution in [0.1, 0.15) is 37.6 Å². The maximum atomic E-state index is 13.3. The number of carbonyl (C=O) groups is 2. The molecule has 7 nitrogen and oxygen atoms in total. The van der Waals surface area contributed by atoms with E-state index < -0.39 is 37.3 Å². The lowest BCUT2D eigenvalue weighted by Gasteiger charge is -2.22. The van der Waals surface area contributed by atoms with Crippen LogP contribution in [0, 0.1) is 5.41 Å². The summed E-state index contributed by atoms with van der Waals surface area (Å²) in [6.07, 6.45) is 2.89. The van der Waals surface area contributed by atoms with Gasteiger partial charge in [-0.3, -0.25) is 18.7 Å². The molecule has 2 atom stereocenters. The number of rotatable bonds is 8. The van der Waals surface area contributed by atoms with Gasteiger partial charge in [0.2, 0.25) is 12.7 Å². The van der Waals surface area contributed by atoms with Crippen molar-refractivity contribution in [3.63, 3.8) is 0 Å². The fourth-order valence-corrected chi connectivity index (χ4v) is 5.78. The van der Waals surface area contributed by atoms with Gasteiger partial charge >= 0.3 is 13.6 Å². The largest absolute Gasteiger partial charge is 0.438 e. The second-order valence-electron chi connectivity index (χ2n) is 8.59. The van der Waals surface area contributed by atoms with E-state index in [1.54, 1.807) is 74.7 Å². The molecule has 0 aliphatic rings. The molecule has 0 saturated heterocycles. The number of hydrogen-bond donors (Lipinski definition) is 2. The molecule has 0 aliphatic heterocycles. The number of benzene rings is 2. The van der Waals surface area contributed by atoms with Crippen LogP contribution in [-0.4, -0.2) is 23.6 Å². The van der Waals surface area contributed by atoms with Crippen LogP contribution in [0.15, 0.2) is 54.0 Å². The smallest absolute Gasteiger partial charge is 0.347 e. The van der Waals surface area contributed by atoms with Crippen LogP contribution >= 0.6 is 42.1 Å². The summed E-state index contributed by atoms with van der Waals surface area (Å²) in [6.45, 7) is 4.12.